The first kappa shape index (κ1) is 13.6. The van der Waals surface area contributed by atoms with Crippen LogP contribution in [0.15, 0.2) is 35.0 Å². The number of nitrogens with zero attached hydrogens (tertiary/aromatic N) is 1. The zero-order valence-corrected chi connectivity index (χ0v) is 12.4. The summed E-state index contributed by atoms with van der Waals surface area (Å²) in [4.78, 5) is 2.31. The Hall–Kier alpha value is -1.39. The fraction of sp³-hybridized carbons (Fsp3) is 0.375. The monoisotopic (exact) mass is 290 g/mol. The molecule has 4 heteroatoms. The van der Waals surface area contributed by atoms with Crippen LogP contribution < -0.4 is 10.6 Å². The van der Waals surface area contributed by atoms with E-state index >= 15 is 0 Å². The molecule has 2 nitrogen and oxygen atoms in total. The van der Waals surface area contributed by atoms with Crippen molar-refractivity contribution in [1.29, 1.82) is 0 Å². The van der Waals surface area contributed by atoms with Crippen LogP contribution in [0.25, 0.3) is 0 Å². The predicted molar refractivity (Wildman–Crippen MR) is 82.5 cm³/mol. The van der Waals surface area contributed by atoms with E-state index in [1.165, 1.54) is 24.5 Å². The Balaban J connectivity index is 1.97. The molecule has 3 rings (SSSR count). The SMILES string of the molecule is C[C@@H](N)c1c(F)cccc1N(Cc1ccsc1)C1CC1. The summed E-state index contributed by atoms with van der Waals surface area (Å²) in [5, 5.41) is 4.23. The van der Waals surface area contributed by atoms with Gasteiger partial charge in [-0.2, -0.15) is 11.3 Å². The molecule has 1 aliphatic rings. The molecule has 1 fully saturated rings. The van der Waals surface area contributed by atoms with Crippen LogP contribution in [0, 0.1) is 5.82 Å². The van der Waals surface area contributed by atoms with Crippen molar-refractivity contribution >= 4 is 17.0 Å². The lowest BCUT2D eigenvalue weighted by Gasteiger charge is -2.28. The smallest absolute Gasteiger partial charge is 0.130 e. The molecular formula is C16H19FN2S. The molecule has 20 heavy (non-hydrogen) atoms. The summed E-state index contributed by atoms with van der Waals surface area (Å²) in [6.45, 7) is 2.68. The average molecular weight is 290 g/mol. The molecule has 0 saturated heterocycles. The highest BCUT2D eigenvalue weighted by Crippen LogP contribution is 2.37. The molecule has 1 atom stereocenters. The van der Waals surface area contributed by atoms with Gasteiger partial charge in [0.15, 0.2) is 0 Å². The van der Waals surface area contributed by atoms with Gasteiger partial charge in [0.1, 0.15) is 5.82 Å². The van der Waals surface area contributed by atoms with Crippen molar-refractivity contribution in [3.8, 4) is 0 Å². The summed E-state index contributed by atoms with van der Waals surface area (Å²) < 4.78 is 14.1. The quantitative estimate of drug-likeness (QED) is 0.899. The standard InChI is InChI=1S/C16H19FN2S/c1-11(18)16-14(17)3-2-4-15(16)19(13-5-6-13)9-12-7-8-20-10-12/h2-4,7-8,10-11,13H,5-6,9,18H2,1H3/t11-/m1/s1. The zero-order chi connectivity index (χ0) is 14.1. The molecule has 1 heterocycles. The van der Waals surface area contributed by atoms with E-state index in [1.807, 2.05) is 13.0 Å². The van der Waals surface area contributed by atoms with Crippen LogP contribution in [0.5, 0.6) is 0 Å². The van der Waals surface area contributed by atoms with Gasteiger partial charge < -0.3 is 10.6 Å². The number of hydrogen-bond donors (Lipinski definition) is 1. The topological polar surface area (TPSA) is 29.3 Å². The third kappa shape index (κ3) is 2.72. The summed E-state index contributed by atoms with van der Waals surface area (Å²) in [6.07, 6.45) is 2.36. The summed E-state index contributed by atoms with van der Waals surface area (Å²) in [6, 6.07) is 7.62. The summed E-state index contributed by atoms with van der Waals surface area (Å²) in [5.74, 6) is -0.200. The van der Waals surface area contributed by atoms with E-state index in [9.17, 15) is 4.39 Å². The highest BCUT2D eigenvalue weighted by atomic mass is 32.1. The molecule has 1 aromatic heterocycles. The Labute approximate surface area is 123 Å². The molecule has 1 aromatic carbocycles. The summed E-state index contributed by atoms with van der Waals surface area (Å²) in [5.41, 5.74) is 8.85. The minimum atomic E-state index is -0.296. The molecule has 0 amide bonds. The normalized spacial score (nSPS) is 16.1. The molecule has 106 valence electrons. The molecular weight excluding hydrogens is 271 g/mol. The Bertz CT molecular complexity index is 576. The van der Waals surface area contributed by atoms with E-state index in [0.29, 0.717) is 11.6 Å². The van der Waals surface area contributed by atoms with Crippen LogP contribution in [-0.2, 0) is 6.54 Å². The second-order valence-electron chi connectivity index (χ2n) is 5.45. The van der Waals surface area contributed by atoms with Gasteiger partial charge in [0.05, 0.1) is 0 Å². The van der Waals surface area contributed by atoms with Crippen molar-refractivity contribution in [2.24, 2.45) is 5.73 Å². The average Bonchev–Trinajstić information content (AvgIpc) is 3.12. The van der Waals surface area contributed by atoms with Crippen molar-refractivity contribution in [3.63, 3.8) is 0 Å². The molecule has 0 spiro atoms. The lowest BCUT2D eigenvalue weighted by molar-refractivity contribution is 0.590. The van der Waals surface area contributed by atoms with Crippen molar-refractivity contribution in [2.45, 2.75) is 38.4 Å². The van der Waals surface area contributed by atoms with Gasteiger partial charge in [-0.1, -0.05) is 6.07 Å². The van der Waals surface area contributed by atoms with Gasteiger partial charge in [-0.15, -0.1) is 0 Å². The number of anilines is 1. The third-order valence-electron chi connectivity index (χ3n) is 3.72. The number of thiophene rings is 1. The molecule has 1 saturated carbocycles. The van der Waals surface area contributed by atoms with Crippen LogP contribution >= 0.6 is 11.3 Å². The maximum Gasteiger partial charge on any atom is 0.130 e. The molecule has 2 N–H and O–H groups in total. The van der Waals surface area contributed by atoms with Crippen molar-refractivity contribution < 1.29 is 4.39 Å². The van der Waals surface area contributed by atoms with E-state index in [-0.39, 0.29) is 11.9 Å². The largest absolute Gasteiger partial charge is 0.364 e. The molecule has 2 aromatic rings. The molecule has 1 aliphatic carbocycles. The summed E-state index contributed by atoms with van der Waals surface area (Å²) >= 11 is 1.70. The second kappa shape index (κ2) is 5.54. The first-order valence-corrected chi connectivity index (χ1v) is 7.93. The number of rotatable bonds is 5. The van der Waals surface area contributed by atoms with Crippen LogP contribution in [-0.4, -0.2) is 6.04 Å². The number of nitrogens with two attached hydrogens (primary N) is 1. The van der Waals surface area contributed by atoms with Gasteiger partial charge >= 0.3 is 0 Å². The van der Waals surface area contributed by atoms with Gasteiger partial charge in [0, 0.05) is 29.9 Å². The first-order chi connectivity index (χ1) is 9.66. The fourth-order valence-corrected chi connectivity index (χ4v) is 3.26. The molecule has 0 radical (unpaired) electrons. The maximum absolute atomic E-state index is 14.1. The van der Waals surface area contributed by atoms with Gasteiger partial charge in [-0.25, -0.2) is 4.39 Å². The van der Waals surface area contributed by atoms with Gasteiger partial charge in [0.25, 0.3) is 0 Å². The Morgan fingerprint density at radius 2 is 2.20 bits per heavy atom. The third-order valence-corrected chi connectivity index (χ3v) is 4.45. The number of benzene rings is 1. The van der Waals surface area contributed by atoms with E-state index < -0.39 is 0 Å². The Kier molecular flexibility index (Phi) is 3.76. The van der Waals surface area contributed by atoms with E-state index in [4.69, 9.17) is 5.73 Å². The predicted octanol–water partition coefficient (Wildman–Crippen LogP) is 4.08. The van der Waals surface area contributed by atoms with E-state index in [2.05, 4.69) is 21.7 Å². The number of hydrogen-bond acceptors (Lipinski definition) is 3. The Morgan fingerprint density at radius 3 is 2.80 bits per heavy atom. The minimum absolute atomic E-state index is 0.200. The number of halogens is 1. The maximum atomic E-state index is 14.1. The van der Waals surface area contributed by atoms with Gasteiger partial charge in [-0.3, -0.25) is 0 Å². The van der Waals surface area contributed by atoms with Crippen LogP contribution in [0.2, 0.25) is 0 Å². The van der Waals surface area contributed by atoms with Crippen molar-refractivity contribution in [2.75, 3.05) is 4.90 Å². The van der Waals surface area contributed by atoms with E-state index in [0.717, 1.165) is 12.2 Å². The second-order valence-corrected chi connectivity index (χ2v) is 6.23. The highest BCUT2D eigenvalue weighted by Gasteiger charge is 2.31. The van der Waals surface area contributed by atoms with Crippen LogP contribution in [0.3, 0.4) is 0 Å². The van der Waals surface area contributed by atoms with Gasteiger partial charge in [0.2, 0.25) is 0 Å². The summed E-state index contributed by atoms with van der Waals surface area (Å²) in [7, 11) is 0. The van der Waals surface area contributed by atoms with Crippen molar-refractivity contribution in [3.05, 3.63) is 52.0 Å². The van der Waals surface area contributed by atoms with Crippen molar-refractivity contribution in [1.82, 2.24) is 0 Å². The first-order valence-electron chi connectivity index (χ1n) is 6.98. The van der Waals surface area contributed by atoms with Gasteiger partial charge in [-0.05, 0) is 54.3 Å². The van der Waals surface area contributed by atoms with E-state index in [1.54, 1.807) is 17.4 Å². The zero-order valence-electron chi connectivity index (χ0n) is 11.6. The molecule has 0 bridgehead atoms. The minimum Gasteiger partial charge on any atom is -0.364 e. The lowest BCUT2D eigenvalue weighted by atomic mass is 10.0. The fourth-order valence-electron chi connectivity index (χ4n) is 2.60. The lowest BCUT2D eigenvalue weighted by Crippen LogP contribution is -2.27. The van der Waals surface area contributed by atoms with Crippen LogP contribution in [0.4, 0.5) is 10.1 Å². The molecule has 0 unspecified atom stereocenters. The Morgan fingerprint density at radius 1 is 1.40 bits per heavy atom. The molecule has 0 aliphatic heterocycles. The van der Waals surface area contributed by atoms with Crippen LogP contribution in [0.1, 0.15) is 36.9 Å². The highest BCUT2D eigenvalue weighted by molar-refractivity contribution is 7.07.